The number of nitrogens with one attached hydrogen (secondary N) is 2. The molecule has 2 rings (SSSR count). The number of hydrogen-bond donors (Lipinski definition) is 2. The van der Waals surface area contributed by atoms with Crippen molar-refractivity contribution < 1.29 is 32.2 Å². The second-order valence-electron chi connectivity index (χ2n) is 5.02. The van der Waals surface area contributed by atoms with E-state index >= 15 is 0 Å². The van der Waals surface area contributed by atoms with Gasteiger partial charge in [0.2, 0.25) is 0 Å². The highest BCUT2D eigenvalue weighted by Crippen LogP contribution is 2.37. The smallest absolute Gasteiger partial charge is 0.405 e. The Kier molecular flexibility index (Phi) is 6.09. The molecular weight excluding hydrogens is 373 g/mol. The molecular formula is C16H15F3N2O4S. The first-order valence-electron chi connectivity index (χ1n) is 7.19. The summed E-state index contributed by atoms with van der Waals surface area (Å²) in [6, 6.07) is 4.05. The number of hydrogen-bond acceptors (Lipinski definition) is 5. The van der Waals surface area contributed by atoms with Crippen molar-refractivity contribution in [3.8, 4) is 11.5 Å². The summed E-state index contributed by atoms with van der Waals surface area (Å²) in [6.45, 7) is -1.48. The van der Waals surface area contributed by atoms with Crippen molar-refractivity contribution in [2.45, 2.75) is 6.18 Å². The third-order valence-corrected chi connectivity index (χ3v) is 3.91. The topological polar surface area (TPSA) is 76.7 Å². The molecule has 2 N–H and O–H groups in total. The molecule has 0 aliphatic heterocycles. The van der Waals surface area contributed by atoms with Gasteiger partial charge in [-0.05, 0) is 23.6 Å². The van der Waals surface area contributed by atoms with E-state index in [0.717, 1.165) is 0 Å². The van der Waals surface area contributed by atoms with Crippen LogP contribution in [0.4, 0.5) is 18.9 Å². The second-order valence-corrected chi connectivity index (χ2v) is 5.80. The summed E-state index contributed by atoms with van der Waals surface area (Å²) in [4.78, 5) is 24.2. The molecule has 2 aromatic rings. The van der Waals surface area contributed by atoms with Crippen LogP contribution in [0.3, 0.4) is 0 Å². The highest BCUT2D eigenvalue weighted by atomic mass is 32.1. The highest BCUT2D eigenvalue weighted by molar-refractivity contribution is 7.08. The average Bonchev–Trinajstić information content (AvgIpc) is 3.12. The fraction of sp³-hybridized carbons (Fsp3) is 0.250. The van der Waals surface area contributed by atoms with Gasteiger partial charge in [0.15, 0.2) is 11.5 Å². The van der Waals surface area contributed by atoms with Crippen LogP contribution in [-0.2, 0) is 0 Å². The lowest BCUT2D eigenvalue weighted by Gasteiger charge is -2.16. The monoisotopic (exact) mass is 388 g/mol. The normalized spacial score (nSPS) is 11.0. The number of thiophene rings is 1. The van der Waals surface area contributed by atoms with Crippen LogP contribution in [0.25, 0.3) is 0 Å². The molecule has 140 valence electrons. The number of carbonyl (C=O) groups excluding carboxylic acids is 2. The average molecular weight is 388 g/mol. The van der Waals surface area contributed by atoms with Crippen LogP contribution >= 0.6 is 11.3 Å². The predicted octanol–water partition coefficient (Wildman–Crippen LogP) is 3.31. The SMILES string of the molecule is COc1cc(C(=O)NCC(F)(F)F)cc(NC(=O)c2ccsc2)c1OC. The number of benzene rings is 1. The van der Waals surface area contributed by atoms with Crippen LogP contribution in [0.1, 0.15) is 20.7 Å². The van der Waals surface area contributed by atoms with Crippen molar-refractivity contribution >= 4 is 28.8 Å². The van der Waals surface area contributed by atoms with E-state index in [1.54, 1.807) is 22.1 Å². The van der Waals surface area contributed by atoms with Gasteiger partial charge in [-0.1, -0.05) is 0 Å². The number of anilines is 1. The maximum Gasteiger partial charge on any atom is 0.405 e. The zero-order valence-corrected chi connectivity index (χ0v) is 14.6. The summed E-state index contributed by atoms with van der Waals surface area (Å²) in [5.74, 6) is -1.19. The standard InChI is InChI=1S/C16H15F3N2O4S/c1-24-12-6-10(14(22)20-8-16(17,18)19)5-11(13(12)25-2)21-15(23)9-3-4-26-7-9/h3-7H,8H2,1-2H3,(H,20,22)(H,21,23). The Balaban J connectivity index is 2.33. The zero-order chi connectivity index (χ0) is 19.3. The Hall–Kier alpha value is -2.75. The Labute approximate surface area is 150 Å². The number of halogens is 3. The van der Waals surface area contributed by atoms with E-state index < -0.39 is 24.5 Å². The molecule has 0 aliphatic rings. The molecule has 26 heavy (non-hydrogen) atoms. The van der Waals surface area contributed by atoms with Gasteiger partial charge in [0, 0.05) is 10.9 Å². The molecule has 0 atom stereocenters. The van der Waals surface area contributed by atoms with Crippen molar-refractivity contribution in [2.75, 3.05) is 26.1 Å². The molecule has 0 spiro atoms. The van der Waals surface area contributed by atoms with E-state index in [1.807, 2.05) is 0 Å². The zero-order valence-electron chi connectivity index (χ0n) is 13.8. The maximum absolute atomic E-state index is 12.3. The van der Waals surface area contributed by atoms with Crippen LogP contribution in [0.15, 0.2) is 29.0 Å². The molecule has 1 aromatic heterocycles. The van der Waals surface area contributed by atoms with E-state index in [2.05, 4.69) is 5.32 Å². The minimum absolute atomic E-state index is 0.0905. The van der Waals surface area contributed by atoms with Crippen molar-refractivity contribution in [1.82, 2.24) is 5.32 Å². The maximum atomic E-state index is 12.3. The van der Waals surface area contributed by atoms with Gasteiger partial charge in [-0.3, -0.25) is 9.59 Å². The van der Waals surface area contributed by atoms with E-state index in [4.69, 9.17) is 9.47 Å². The van der Waals surface area contributed by atoms with Gasteiger partial charge in [0.1, 0.15) is 6.54 Å². The molecule has 0 saturated carbocycles. The van der Waals surface area contributed by atoms with Crippen molar-refractivity contribution in [1.29, 1.82) is 0 Å². The summed E-state index contributed by atoms with van der Waals surface area (Å²) in [5.41, 5.74) is 0.371. The molecule has 0 bridgehead atoms. The van der Waals surface area contributed by atoms with Gasteiger partial charge in [0.05, 0.1) is 25.5 Å². The fourth-order valence-electron chi connectivity index (χ4n) is 2.06. The number of methoxy groups -OCH3 is 2. The first-order chi connectivity index (χ1) is 12.2. The molecule has 0 radical (unpaired) electrons. The van der Waals surface area contributed by atoms with Crippen molar-refractivity contribution in [2.24, 2.45) is 0 Å². The summed E-state index contributed by atoms with van der Waals surface area (Å²) >= 11 is 1.33. The Morgan fingerprint density at radius 3 is 2.38 bits per heavy atom. The van der Waals surface area contributed by atoms with Gasteiger partial charge in [-0.25, -0.2) is 0 Å². The summed E-state index contributed by atoms with van der Waals surface area (Å²) in [6.07, 6.45) is -4.54. The van der Waals surface area contributed by atoms with Crippen LogP contribution in [-0.4, -0.2) is 38.8 Å². The van der Waals surface area contributed by atoms with Gasteiger partial charge < -0.3 is 20.1 Å². The molecule has 2 amide bonds. The van der Waals surface area contributed by atoms with Crippen LogP contribution in [0.2, 0.25) is 0 Å². The van der Waals surface area contributed by atoms with E-state index in [9.17, 15) is 22.8 Å². The van der Waals surface area contributed by atoms with Gasteiger partial charge in [-0.15, -0.1) is 0 Å². The first kappa shape index (κ1) is 19.6. The predicted molar refractivity (Wildman–Crippen MR) is 90.2 cm³/mol. The third kappa shape index (κ3) is 4.88. The van der Waals surface area contributed by atoms with Gasteiger partial charge in [-0.2, -0.15) is 24.5 Å². The van der Waals surface area contributed by atoms with E-state index in [-0.39, 0.29) is 22.7 Å². The molecule has 0 fully saturated rings. The second kappa shape index (κ2) is 8.09. The van der Waals surface area contributed by atoms with Gasteiger partial charge in [0.25, 0.3) is 11.8 Å². The van der Waals surface area contributed by atoms with Crippen molar-refractivity contribution in [3.63, 3.8) is 0 Å². The van der Waals surface area contributed by atoms with Crippen molar-refractivity contribution in [3.05, 3.63) is 40.1 Å². The molecule has 10 heteroatoms. The molecule has 6 nitrogen and oxygen atoms in total. The lowest BCUT2D eigenvalue weighted by molar-refractivity contribution is -0.123. The molecule has 1 heterocycles. The largest absolute Gasteiger partial charge is 0.493 e. The molecule has 1 aromatic carbocycles. The quantitative estimate of drug-likeness (QED) is 0.796. The summed E-state index contributed by atoms with van der Waals surface area (Å²) in [5, 5.41) is 7.67. The number of carbonyl (C=O) groups is 2. The summed E-state index contributed by atoms with van der Waals surface area (Å²) < 4.78 is 47.2. The van der Waals surface area contributed by atoms with Crippen LogP contribution in [0, 0.1) is 0 Å². The molecule has 0 aliphatic carbocycles. The fourth-order valence-corrected chi connectivity index (χ4v) is 2.70. The number of ether oxygens (including phenoxy) is 2. The Bertz CT molecular complexity index is 792. The number of rotatable bonds is 6. The molecule has 0 saturated heterocycles. The number of amides is 2. The molecule has 0 unspecified atom stereocenters. The first-order valence-corrected chi connectivity index (χ1v) is 8.14. The van der Waals surface area contributed by atoms with E-state index in [0.29, 0.717) is 5.56 Å². The van der Waals surface area contributed by atoms with Crippen LogP contribution in [0.5, 0.6) is 11.5 Å². The Morgan fingerprint density at radius 2 is 1.85 bits per heavy atom. The lowest BCUT2D eigenvalue weighted by Crippen LogP contribution is -2.33. The van der Waals surface area contributed by atoms with Gasteiger partial charge >= 0.3 is 6.18 Å². The highest BCUT2D eigenvalue weighted by Gasteiger charge is 2.28. The van der Waals surface area contributed by atoms with Crippen LogP contribution < -0.4 is 20.1 Å². The number of alkyl halides is 3. The van der Waals surface area contributed by atoms with E-state index in [1.165, 1.54) is 37.7 Å². The third-order valence-electron chi connectivity index (χ3n) is 3.22. The summed E-state index contributed by atoms with van der Waals surface area (Å²) in [7, 11) is 2.64. The lowest BCUT2D eigenvalue weighted by atomic mass is 10.1. The Morgan fingerprint density at radius 1 is 1.12 bits per heavy atom. The minimum atomic E-state index is -4.54. The minimum Gasteiger partial charge on any atom is -0.493 e.